The zero-order chi connectivity index (χ0) is 19.4. The molecule has 1 N–H and O–H groups in total. The van der Waals surface area contributed by atoms with Crippen molar-refractivity contribution in [1.82, 2.24) is 4.90 Å². The summed E-state index contributed by atoms with van der Waals surface area (Å²) in [5, 5.41) is 9.84. The first-order chi connectivity index (χ1) is 12.6. The Bertz CT molecular complexity index is 505. The van der Waals surface area contributed by atoms with E-state index in [4.69, 9.17) is 18.9 Å². The van der Waals surface area contributed by atoms with Gasteiger partial charge in [-0.05, 0) is 26.0 Å². The van der Waals surface area contributed by atoms with Crippen LogP contribution in [0.25, 0.3) is 0 Å². The number of benzene rings is 1. The number of carboxylic acid groups (broad SMARTS) is 1. The molecule has 0 radical (unpaired) electrons. The molecule has 0 spiro atoms. The Morgan fingerprint density at radius 1 is 1.04 bits per heavy atom. The van der Waals surface area contributed by atoms with Crippen LogP contribution >= 0.6 is 0 Å². The molecule has 7 nitrogen and oxygen atoms in total. The summed E-state index contributed by atoms with van der Waals surface area (Å²) in [4.78, 5) is 13.9. The van der Waals surface area contributed by atoms with E-state index in [-0.39, 0.29) is 6.42 Å². The van der Waals surface area contributed by atoms with Gasteiger partial charge in [0.05, 0.1) is 27.4 Å². The minimum Gasteiger partial charge on any atom is -0.496 e. The number of carboxylic acids is 1. The zero-order valence-corrected chi connectivity index (χ0v) is 16.2. The van der Waals surface area contributed by atoms with E-state index in [0.717, 1.165) is 5.56 Å². The predicted molar refractivity (Wildman–Crippen MR) is 99.2 cm³/mol. The van der Waals surface area contributed by atoms with Crippen molar-refractivity contribution >= 4 is 5.97 Å². The zero-order valence-electron chi connectivity index (χ0n) is 16.2. The van der Waals surface area contributed by atoms with E-state index in [2.05, 4.69) is 0 Å². The number of rotatable bonds is 14. The van der Waals surface area contributed by atoms with Crippen molar-refractivity contribution in [1.29, 1.82) is 0 Å². The summed E-state index contributed by atoms with van der Waals surface area (Å²) in [5.41, 5.74) is 0.739. The van der Waals surface area contributed by atoms with Crippen molar-refractivity contribution in [2.24, 2.45) is 0 Å². The molecule has 0 fully saturated rings. The third-order valence-electron chi connectivity index (χ3n) is 4.11. The van der Waals surface area contributed by atoms with E-state index < -0.39 is 12.0 Å². The highest BCUT2D eigenvalue weighted by Crippen LogP contribution is 2.30. The first-order valence-corrected chi connectivity index (χ1v) is 8.91. The molecule has 0 bridgehead atoms. The number of hydrogen-bond donors (Lipinski definition) is 1. The Hall–Kier alpha value is -1.83. The number of hydrogen-bond acceptors (Lipinski definition) is 6. The van der Waals surface area contributed by atoms with Gasteiger partial charge in [0.1, 0.15) is 17.5 Å². The van der Waals surface area contributed by atoms with E-state index in [1.54, 1.807) is 14.2 Å². The van der Waals surface area contributed by atoms with E-state index in [0.29, 0.717) is 51.0 Å². The van der Waals surface area contributed by atoms with E-state index in [1.807, 2.05) is 36.9 Å². The van der Waals surface area contributed by atoms with Gasteiger partial charge >= 0.3 is 5.97 Å². The molecule has 1 rings (SSSR count). The summed E-state index contributed by atoms with van der Waals surface area (Å²) in [6.07, 6.45) is 0.265. The lowest BCUT2D eigenvalue weighted by Crippen LogP contribution is -2.46. The molecule has 1 atom stereocenters. The summed E-state index contributed by atoms with van der Waals surface area (Å²) in [5.74, 6) is 0.335. The maximum atomic E-state index is 12.0. The fraction of sp³-hybridized carbons (Fsp3) is 0.632. The molecule has 0 aromatic heterocycles. The van der Waals surface area contributed by atoms with Crippen molar-refractivity contribution in [3.8, 4) is 11.5 Å². The molecule has 1 aromatic rings. The summed E-state index contributed by atoms with van der Waals surface area (Å²) >= 11 is 0. The summed E-state index contributed by atoms with van der Waals surface area (Å²) in [7, 11) is 3.13. The number of nitrogens with zero attached hydrogens (tertiary/aromatic N) is 1. The molecule has 1 aromatic carbocycles. The first kappa shape index (κ1) is 22.2. The molecule has 0 saturated carbocycles. The van der Waals surface area contributed by atoms with Crippen molar-refractivity contribution in [2.75, 3.05) is 53.7 Å². The highest BCUT2D eigenvalue weighted by atomic mass is 16.5. The second-order valence-corrected chi connectivity index (χ2v) is 5.63. The number of carbonyl (C=O) groups is 1. The molecule has 0 aliphatic carbocycles. The Kier molecular flexibility index (Phi) is 10.7. The van der Waals surface area contributed by atoms with Crippen LogP contribution in [0.15, 0.2) is 18.2 Å². The smallest absolute Gasteiger partial charge is 0.321 e. The minimum atomic E-state index is -0.897. The Balaban J connectivity index is 3.03. The van der Waals surface area contributed by atoms with Crippen LogP contribution in [0.3, 0.4) is 0 Å². The van der Waals surface area contributed by atoms with E-state index in [1.165, 1.54) is 0 Å². The third kappa shape index (κ3) is 6.82. The van der Waals surface area contributed by atoms with Crippen molar-refractivity contribution < 1.29 is 28.8 Å². The SMILES string of the molecule is CCOCCN(CCOCC)C(Cc1c(OC)cccc1OC)C(=O)O. The minimum absolute atomic E-state index is 0.265. The van der Waals surface area contributed by atoms with Gasteiger partial charge in [-0.1, -0.05) is 6.07 Å². The first-order valence-electron chi connectivity index (χ1n) is 8.91. The van der Waals surface area contributed by atoms with Gasteiger partial charge < -0.3 is 24.1 Å². The van der Waals surface area contributed by atoms with Crippen LogP contribution in [0.4, 0.5) is 0 Å². The molecule has 0 aliphatic rings. The highest BCUT2D eigenvalue weighted by Gasteiger charge is 2.28. The lowest BCUT2D eigenvalue weighted by atomic mass is 10.0. The Morgan fingerprint density at radius 3 is 1.92 bits per heavy atom. The maximum Gasteiger partial charge on any atom is 0.321 e. The molecule has 7 heteroatoms. The fourth-order valence-electron chi connectivity index (χ4n) is 2.77. The van der Waals surface area contributed by atoms with Crippen molar-refractivity contribution in [3.63, 3.8) is 0 Å². The monoisotopic (exact) mass is 369 g/mol. The molecular formula is C19H31NO6. The molecular weight excluding hydrogens is 338 g/mol. The standard InChI is InChI=1S/C19H31NO6/c1-5-25-12-10-20(11-13-26-6-2)16(19(21)22)14-15-17(23-3)8-7-9-18(15)24-4/h7-9,16H,5-6,10-14H2,1-4H3,(H,21,22). The molecule has 148 valence electrons. The van der Waals surface area contributed by atoms with Gasteiger partial charge in [0.2, 0.25) is 0 Å². The number of ether oxygens (including phenoxy) is 4. The number of methoxy groups -OCH3 is 2. The quantitative estimate of drug-likeness (QED) is 0.503. The number of aliphatic carboxylic acids is 1. The van der Waals surface area contributed by atoms with Crippen LogP contribution in [0.5, 0.6) is 11.5 Å². The molecule has 0 aliphatic heterocycles. The van der Waals surface area contributed by atoms with Crippen LogP contribution in [0, 0.1) is 0 Å². The predicted octanol–water partition coefficient (Wildman–Crippen LogP) is 2.07. The summed E-state index contributed by atoms with van der Waals surface area (Å²) in [6.45, 7) is 6.97. The molecule has 26 heavy (non-hydrogen) atoms. The van der Waals surface area contributed by atoms with Gasteiger partial charge in [-0.15, -0.1) is 0 Å². The van der Waals surface area contributed by atoms with Crippen LogP contribution in [0.1, 0.15) is 19.4 Å². The normalized spacial score (nSPS) is 12.2. The van der Waals surface area contributed by atoms with Crippen LogP contribution in [-0.2, 0) is 20.7 Å². The van der Waals surface area contributed by atoms with E-state index in [9.17, 15) is 9.90 Å². The Morgan fingerprint density at radius 2 is 1.54 bits per heavy atom. The van der Waals surface area contributed by atoms with E-state index >= 15 is 0 Å². The summed E-state index contributed by atoms with van der Waals surface area (Å²) in [6, 6.07) is 4.70. The van der Waals surface area contributed by atoms with Gasteiger partial charge in [-0.2, -0.15) is 0 Å². The van der Waals surface area contributed by atoms with Crippen molar-refractivity contribution in [3.05, 3.63) is 23.8 Å². The molecule has 1 unspecified atom stereocenters. The second kappa shape index (κ2) is 12.5. The summed E-state index contributed by atoms with van der Waals surface area (Å²) < 4.78 is 21.6. The molecule has 0 amide bonds. The lowest BCUT2D eigenvalue weighted by Gasteiger charge is -2.29. The van der Waals surface area contributed by atoms with Crippen LogP contribution in [0.2, 0.25) is 0 Å². The van der Waals surface area contributed by atoms with Crippen molar-refractivity contribution in [2.45, 2.75) is 26.3 Å². The van der Waals surface area contributed by atoms with Gasteiger partial charge in [0.25, 0.3) is 0 Å². The lowest BCUT2D eigenvalue weighted by molar-refractivity contribution is -0.143. The molecule has 0 heterocycles. The van der Waals surface area contributed by atoms with Gasteiger partial charge in [0, 0.05) is 38.3 Å². The fourth-order valence-corrected chi connectivity index (χ4v) is 2.77. The van der Waals surface area contributed by atoms with Gasteiger partial charge in [-0.3, -0.25) is 9.69 Å². The highest BCUT2D eigenvalue weighted by molar-refractivity contribution is 5.74. The van der Waals surface area contributed by atoms with Gasteiger partial charge in [0.15, 0.2) is 0 Å². The molecule has 0 saturated heterocycles. The van der Waals surface area contributed by atoms with Crippen LogP contribution < -0.4 is 9.47 Å². The average Bonchev–Trinajstić information content (AvgIpc) is 2.64. The average molecular weight is 369 g/mol. The largest absolute Gasteiger partial charge is 0.496 e. The maximum absolute atomic E-state index is 12.0. The topological polar surface area (TPSA) is 77.5 Å². The van der Waals surface area contributed by atoms with Crippen LogP contribution in [-0.4, -0.2) is 75.8 Å². The van der Waals surface area contributed by atoms with Gasteiger partial charge in [-0.25, -0.2) is 0 Å². The third-order valence-corrected chi connectivity index (χ3v) is 4.11. The second-order valence-electron chi connectivity index (χ2n) is 5.63. The Labute approximate surface area is 155 Å².